The van der Waals surface area contributed by atoms with E-state index in [1.165, 1.54) is 0 Å². The molecule has 0 aliphatic heterocycles. The van der Waals surface area contributed by atoms with Gasteiger partial charge in [-0.05, 0) is 0 Å². The maximum absolute atomic E-state index is 3.50. The Hall–Kier alpha value is 0.722. The molecule has 0 spiro atoms. The second kappa shape index (κ2) is 15.9. The van der Waals surface area contributed by atoms with Gasteiger partial charge >= 0.3 is 40.2 Å². The summed E-state index contributed by atoms with van der Waals surface area (Å²) in [6.07, 6.45) is 0. The Morgan fingerprint density at radius 1 is 1.00 bits per heavy atom. The zero-order valence-electron chi connectivity index (χ0n) is 3.64. The molecule has 0 aliphatic carbocycles. The van der Waals surface area contributed by atoms with E-state index in [0.29, 0.717) is 18.0 Å². The van der Waals surface area contributed by atoms with Gasteiger partial charge < -0.3 is 24.8 Å². The SMILES string of the molecule is C=[CH][Pd+2][CH]=C.[Cl-].[Cl-]. The van der Waals surface area contributed by atoms with E-state index in [2.05, 4.69) is 13.2 Å². The maximum Gasteiger partial charge on any atom is -1.00 e. The zero-order valence-corrected chi connectivity index (χ0v) is 6.71. The molecule has 0 atom stereocenters. The van der Waals surface area contributed by atoms with Crippen molar-refractivity contribution in [1.29, 1.82) is 0 Å². The first-order chi connectivity index (χ1) is 2.41. The molecule has 0 N–H and O–H groups in total. The van der Waals surface area contributed by atoms with Gasteiger partial charge in [0.05, 0.1) is 0 Å². The van der Waals surface area contributed by atoms with Crippen molar-refractivity contribution < 1.29 is 42.8 Å². The Morgan fingerprint density at radius 3 is 1.29 bits per heavy atom. The molecule has 0 aromatic heterocycles. The van der Waals surface area contributed by atoms with Gasteiger partial charge in [-0.3, -0.25) is 0 Å². The Morgan fingerprint density at radius 2 is 1.29 bits per heavy atom. The van der Waals surface area contributed by atoms with Crippen molar-refractivity contribution in [2.24, 2.45) is 0 Å². The van der Waals surface area contributed by atoms with Crippen LogP contribution >= 0.6 is 0 Å². The third kappa shape index (κ3) is 20.2. The van der Waals surface area contributed by atoms with E-state index >= 15 is 0 Å². The topological polar surface area (TPSA) is 0 Å². The predicted molar refractivity (Wildman–Crippen MR) is 20.4 cm³/mol. The van der Waals surface area contributed by atoms with Crippen molar-refractivity contribution in [2.45, 2.75) is 0 Å². The quantitative estimate of drug-likeness (QED) is 0.420. The molecule has 7 heavy (non-hydrogen) atoms. The first kappa shape index (κ1) is 15.6. The van der Waals surface area contributed by atoms with Gasteiger partial charge in [0.15, 0.2) is 0 Å². The number of halogens is 2. The Kier molecular flexibility index (Phi) is 35.5. The molecule has 0 rings (SSSR count). The summed E-state index contributed by atoms with van der Waals surface area (Å²) in [6.45, 7) is 7.00. The minimum absolute atomic E-state index is 0. The number of hydrogen-bond donors (Lipinski definition) is 0. The molecule has 0 aliphatic rings. The third-order valence-electron chi connectivity index (χ3n) is 0.149. The number of hydrogen-bond acceptors (Lipinski definition) is 0. The van der Waals surface area contributed by atoms with Gasteiger partial charge in [-0.15, -0.1) is 0 Å². The standard InChI is InChI=1S/2C2H3.2ClH.Pd/c2*1-2;;;/h2*1H,2H2;2*1H;/q;;;;+2/p-2. The van der Waals surface area contributed by atoms with Gasteiger partial charge in [0.2, 0.25) is 0 Å². The molecule has 0 aromatic carbocycles. The van der Waals surface area contributed by atoms with Crippen LogP contribution in [0.25, 0.3) is 0 Å². The van der Waals surface area contributed by atoms with Crippen LogP contribution in [0.5, 0.6) is 0 Å². The summed E-state index contributed by atoms with van der Waals surface area (Å²) in [5, 5.41) is 0. The maximum atomic E-state index is 3.50. The van der Waals surface area contributed by atoms with Crippen molar-refractivity contribution in [3.05, 3.63) is 22.3 Å². The molecule has 0 fully saturated rings. The predicted octanol–water partition coefficient (Wildman–Crippen LogP) is -4.64. The van der Waals surface area contributed by atoms with Crippen LogP contribution in [0.15, 0.2) is 22.3 Å². The largest absolute Gasteiger partial charge is 1.00 e. The van der Waals surface area contributed by atoms with Crippen LogP contribution < -0.4 is 24.8 Å². The molecular weight excluding hydrogens is 225 g/mol. The average Bonchev–Trinajstić information content (AvgIpc) is 1.41. The molecule has 0 unspecified atom stereocenters. The summed E-state index contributed by atoms with van der Waals surface area (Å²) >= 11 is 0.572. The Balaban J connectivity index is -0.0000000800. The minimum Gasteiger partial charge on any atom is -1.00 e. The van der Waals surface area contributed by atoms with E-state index in [1.807, 2.05) is 9.10 Å². The monoisotopic (exact) mass is 230 g/mol. The summed E-state index contributed by atoms with van der Waals surface area (Å²) in [6, 6.07) is 0. The number of rotatable bonds is 2. The van der Waals surface area contributed by atoms with Crippen LogP contribution in [-0.4, -0.2) is 0 Å². The van der Waals surface area contributed by atoms with Crippen LogP contribution in [0.2, 0.25) is 0 Å². The fourth-order valence-electron chi connectivity index (χ4n) is 0.0527. The molecular formula is C4H6Cl2Pd. The van der Waals surface area contributed by atoms with Gasteiger partial charge in [0, 0.05) is 0 Å². The molecule has 0 amide bonds. The molecule has 3 heteroatoms. The van der Waals surface area contributed by atoms with E-state index in [-0.39, 0.29) is 24.8 Å². The second-order valence-electron chi connectivity index (χ2n) is 0.364. The van der Waals surface area contributed by atoms with Gasteiger partial charge in [-0.25, -0.2) is 0 Å². The van der Waals surface area contributed by atoms with Gasteiger partial charge in [-0.2, -0.15) is 0 Å². The van der Waals surface area contributed by atoms with Crippen LogP contribution in [-0.2, 0) is 18.0 Å². The summed E-state index contributed by atoms with van der Waals surface area (Å²) < 4.78 is 3.72. The minimum atomic E-state index is 0. The van der Waals surface area contributed by atoms with Gasteiger partial charge in [-0.1, -0.05) is 0 Å². The molecule has 0 heterocycles. The molecule has 0 saturated carbocycles. The van der Waals surface area contributed by atoms with Gasteiger partial charge in [0.1, 0.15) is 0 Å². The molecule has 0 bridgehead atoms. The van der Waals surface area contributed by atoms with Crippen LogP contribution in [0.1, 0.15) is 0 Å². The smallest absolute Gasteiger partial charge is 1.00 e. The van der Waals surface area contributed by atoms with Crippen molar-refractivity contribution in [2.75, 3.05) is 0 Å². The van der Waals surface area contributed by atoms with E-state index in [4.69, 9.17) is 0 Å². The normalized spacial score (nSPS) is 5.14. The van der Waals surface area contributed by atoms with Crippen molar-refractivity contribution >= 4 is 0 Å². The molecule has 0 aromatic rings. The first-order valence-corrected chi connectivity index (χ1v) is 2.98. The van der Waals surface area contributed by atoms with E-state index in [0.717, 1.165) is 0 Å². The van der Waals surface area contributed by atoms with Crippen molar-refractivity contribution in [3.8, 4) is 0 Å². The summed E-state index contributed by atoms with van der Waals surface area (Å²) in [4.78, 5) is 0. The fraction of sp³-hybridized carbons (Fsp3) is 0. The Labute approximate surface area is 65.0 Å². The third-order valence-corrected chi connectivity index (χ3v) is 0.882. The van der Waals surface area contributed by atoms with Crippen LogP contribution in [0.4, 0.5) is 0 Å². The second-order valence-corrected chi connectivity index (χ2v) is 2.15. The zero-order chi connectivity index (χ0) is 4.12. The van der Waals surface area contributed by atoms with Crippen LogP contribution in [0, 0.1) is 0 Å². The van der Waals surface area contributed by atoms with E-state index < -0.39 is 0 Å². The van der Waals surface area contributed by atoms with Crippen molar-refractivity contribution in [3.63, 3.8) is 0 Å². The van der Waals surface area contributed by atoms with Crippen LogP contribution in [0.3, 0.4) is 0 Å². The van der Waals surface area contributed by atoms with Crippen molar-refractivity contribution in [1.82, 2.24) is 0 Å². The molecule has 0 nitrogen and oxygen atoms in total. The summed E-state index contributed by atoms with van der Waals surface area (Å²) in [7, 11) is 0. The molecule has 0 saturated heterocycles. The molecule has 0 radical (unpaired) electrons. The first-order valence-electron chi connectivity index (χ1n) is 1.18. The summed E-state index contributed by atoms with van der Waals surface area (Å²) in [5.41, 5.74) is 0. The van der Waals surface area contributed by atoms with E-state index in [9.17, 15) is 0 Å². The fourth-order valence-corrected chi connectivity index (χ4v) is 0.312. The summed E-state index contributed by atoms with van der Waals surface area (Å²) in [5.74, 6) is 0. The molecule has 46 valence electrons. The van der Waals surface area contributed by atoms with E-state index in [1.54, 1.807) is 0 Å². The van der Waals surface area contributed by atoms with Gasteiger partial charge in [0.25, 0.3) is 0 Å². The Bertz CT molecular complexity index is 39.0. The average molecular weight is 231 g/mol.